The van der Waals surface area contributed by atoms with Crippen LogP contribution in [0.2, 0.25) is 0 Å². The van der Waals surface area contributed by atoms with E-state index in [-0.39, 0.29) is 11.8 Å². The zero-order chi connectivity index (χ0) is 18.0. The lowest BCUT2D eigenvalue weighted by molar-refractivity contribution is -0.221. The van der Waals surface area contributed by atoms with E-state index in [1.807, 2.05) is 0 Å². The second-order valence-corrected chi connectivity index (χ2v) is 7.69. The lowest BCUT2D eigenvalue weighted by atomic mass is 9.34. The molecule has 5 rings (SSSR count). The Morgan fingerprint density at radius 2 is 1.72 bits per heavy atom. The Morgan fingerprint density at radius 3 is 2.28 bits per heavy atom. The maximum Gasteiger partial charge on any atom is 0.249 e. The number of carbonyl (C=O) groups excluding carboxylic acids is 2. The van der Waals surface area contributed by atoms with Gasteiger partial charge in [-0.25, -0.2) is 13.8 Å². The minimum Gasteiger partial charge on any atom is -0.348 e. The van der Waals surface area contributed by atoms with Gasteiger partial charge in [-0.2, -0.15) is 5.10 Å². The number of hydrogen-bond acceptors (Lipinski definition) is 3. The first-order valence-corrected chi connectivity index (χ1v) is 8.30. The highest BCUT2D eigenvalue weighted by molar-refractivity contribution is 5.96. The first-order valence-electron chi connectivity index (χ1n) is 8.30. The Bertz CT molecular complexity index is 765. The van der Waals surface area contributed by atoms with Crippen LogP contribution in [0.3, 0.4) is 0 Å². The third-order valence-corrected chi connectivity index (χ3v) is 5.65. The molecule has 1 atom stereocenters. The quantitative estimate of drug-likeness (QED) is 0.843. The average molecular weight is 347 g/mol. The van der Waals surface area contributed by atoms with Gasteiger partial charge in [0.15, 0.2) is 0 Å². The van der Waals surface area contributed by atoms with Gasteiger partial charge < -0.3 is 4.90 Å². The van der Waals surface area contributed by atoms with Crippen LogP contribution in [0.15, 0.2) is 23.3 Å². The van der Waals surface area contributed by atoms with Crippen molar-refractivity contribution in [2.45, 2.75) is 31.7 Å². The molecule has 0 radical (unpaired) electrons. The highest BCUT2D eigenvalue weighted by Crippen LogP contribution is 2.74. The number of nitrogens with zero attached hydrogens (tertiary/aromatic N) is 3. The monoisotopic (exact) mass is 347 g/mol. The molecule has 2 bridgehead atoms. The Kier molecular flexibility index (Phi) is 3.30. The molecule has 0 saturated heterocycles. The predicted octanol–water partition coefficient (Wildman–Crippen LogP) is 2.48. The van der Waals surface area contributed by atoms with Crippen LogP contribution in [0.25, 0.3) is 0 Å². The smallest absolute Gasteiger partial charge is 0.249 e. The van der Waals surface area contributed by atoms with Crippen LogP contribution in [0.5, 0.6) is 0 Å². The van der Waals surface area contributed by atoms with Gasteiger partial charge in [0.05, 0.1) is 16.9 Å². The molecule has 0 aromatic heterocycles. The third kappa shape index (κ3) is 2.21. The molecule has 3 fully saturated rings. The standard InChI is InChI=1S/C18H19F2N3O2/c1-22(2)15(24)17-8-18(9-17,10-17)16(25)23-14(3-4-21-23)11-5-12(19)7-13(20)6-11/h4-7,14H,3,8-10H2,1-2H3. The minimum absolute atomic E-state index is 0.0656. The van der Waals surface area contributed by atoms with E-state index in [9.17, 15) is 18.4 Å². The second kappa shape index (κ2) is 5.09. The van der Waals surface area contributed by atoms with E-state index in [0.717, 1.165) is 6.07 Å². The van der Waals surface area contributed by atoms with Gasteiger partial charge in [0, 0.05) is 32.8 Å². The fourth-order valence-electron chi connectivity index (χ4n) is 4.61. The summed E-state index contributed by atoms with van der Waals surface area (Å²) in [6, 6.07) is 2.79. The summed E-state index contributed by atoms with van der Waals surface area (Å²) in [6.07, 6.45) is 3.62. The molecule has 4 aliphatic rings. The molecular formula is C18H19F2N3O2. The van der Waals surface area contributed by atoms with Crippen molar-refractivity contribution in [2.75, 3.05) is 14.1 Å². The molecule has 3 aliphatic carbocycles. The molecule has 0 N–H and O–H groups in total. The number of halogens is 2. The van der Waals surface area contributed by atoms with Gasteiger partial charge in [0.25, 0.3) is 0 Å². The molecule has 5 nitrogen and oxygen atoms in total. The summed E-state index contributed by atoms with van der Waals surface area (Å²) >= 11 is 0. The van der Waals surface area contributed by atoms with E-state index in [4.69, 9.17) is 0 Å². The summed E-state index contributed by atoms with van der Waals surface area (Å²) in [5.74, 6) is -1.43. The summed E-state index contributed by atoms with van der Waals surface area (Å²) in [4.78, 5) is 26.8. The number of carbonyl (C=O) groups is 2. The minimum atomic E-state index is -0.671. The van der Waals surface area contributed by atoms with Gasteiger partial charge in [0.2, 0.25) is 11.8 Å². The van der Waals surface area contributed by atoms with Crippen molar-refractivity contribution in [2.24, 2.45) is 15.9 Å². The van der Waals surface area contributed by atoms with Crippen molar-refractivity contribution in [3.05, 3.63) is 35.4 Å². The molecule has 3 saturated carbocycles. The van der Waals surface area contributed by atoms with Crippen LogP contribution in [-0.4, -0.2) is 42.0 Å². The zero-order valence-electron chi connectivity index (χ0n) is 14.1. The number of benzene rings is 1. The summed E-state index contributed by atoms with van der Waals surface area (Å²) in [7, 11) is 3.44. The second-order valence-electron chi connectivity index (χ2n) is 7.69. The first kappa shape index (κ1) is 16.2. The van der Waals surface area contributed by atoms with E-state index in [1.165, 1.54) is 17.1 Å². The molecule has 1 heterocycles. The zero-order valence-corrected chi connectivity index (χ0v) is 14.1. The summed E-state index contributed by atoms with van der Waals surface area (Å²) in [5, 5.41) is 5.49. The van der Waals surface area contributed by atoms with Crippen molar-refractivity contribution in [1.82, 2.24) is 9.91 Å². The van der Waals surface area contributed by atoms with Gasteiger partial charge in [-0.05, 0) is 37.0 Å². The lowest BCUT2D eigenvalue weighted by Gasteiger charge is -2.68. The van der Waals surface area contributed by atoms with Crippen molar-refractivity contribution < 1.29 is 18.4 Å². The van der Waals surface area contributed by atoms with Crippen molar-refractivity contribution in [3.63, 3.8) is 0 Å². The molecule has 132 valence electrons. The highest BCUT2D eigenvalue weighted by atomic mass is 19.1. The highest BCUT2D eigenvalue weighted by Gasteiger charge is 2.76. The molecule has 2 amide bonds. The van der Waals surface area contributed by atoms with Crippen LogP contribution < -0.4 is 0 Å². The fraction of sp³-hybridized carbons (Fsp3) is 0.500. The Morgan fingerprint density at radius 1 is 1.12 bits per heavy atom. The van der Waals surface area contributed by atoms with Gasteiger partial charge >= 0.3 is 0 Å². The molecule has 1 aromatic rings. The van der Waals surface area contributed by atoms with Crippen molar-refractivity contribution >= 4 is 18.0 Å². The Labute approximate surface area is 144 Å². The van der Waals surface area contributed by atoms with E-state index >= 15 is 0 Å². The van der Waals surface area contributed by atoms with E-state index in [0.29, 0.717) is 31.2 Å². The maximum atomic E-state index is 13.5. The fourth-order valence-corrected chi connectivity index (χ4v) is 4.61. The molecule has 1 aromatic carbocycles. The number of hydrogen-bond donors (Lipinski definition) is 0. The van der Waals surface area contributed by atoms with Gasteiger partial charge in [0.1, 0.15) is 11.6 Å². The summed E-state index contributed by atoms with van der Waals surface area (Å²) in [6.45, 7) is 0. The van der Waals surface area contributed by atoms with Crippen molar-refractivity contribution in [3.8, 4) is 0 Å². The topological polar surface area (TPSA) is 53.0 Å². The average Bonchev–Trinajstić information content (AvgIpc) is 2.92. The van der Waals surface area contributed by atoms with E-state index in [1.54, 1.807) is 25.2 Å². The largest absolute Gasteiger partial charge is 0.348 e. The van der Waals surface area contributed by atoms with Crippen LogP contribution in [0, 0.1) is 22.5 Å². The third-order valence-electron chi connectivity index (χ3n) is 5.65. The number of rotatable bonds is 3. The van der Waals surface area contributed by atoms with Crippen LogP contribution >= 0.6 is 0 Å². The van der Waals surface area contributed by atoms with Crippen LogP contribution in [-0.2, 0) is 9.59 Å². The van der Waals surface area contributed by atoms with E-state index in [2.05, 4.69) is 5.10 Å². The Hall–Kier alpha value is -2.31. The number of amides is 2. The first-order chi connectivity index (χ1) is 11.8. The normalized spacial score (nSPS) is 32.2. The van der Waals surface area contributed by atoms with Crippen molar-refractivity contribution in [1.29, 1.82) is 0 Å². The maximum absolute atomic E-state index is 13.5. The molecule has 1 unspecified atom stereocenters. The lowest BCUT2D eigenvalue weighted by Crippen LogP contribution is -2.72. The van der Waals surface area contributed by atoms with Crippen LogP contribution in [0.4, 0.5) is 8.78 Å². The molecule has 7 heteroatoms. The predicted molar refractivity (Wildman–Crippen MR) is 86.5 cm³/mol. The van der Waals surface area contributed by atoms with Gasteiger partial charge in [-0.1, -0.05) is 0 Å². The van der Waals surface area contributed by atoms with E-state index < -0.39 is 28.5 Å². The SMILES string of the molecule is CN(C)C(=O)C12CC(C(=O)N3N=CCC3c3cc(F)cc(F)c3)(C1)C2. The molecular weight excluding hydrogens is 328 g/mol. The summed E-state index contributed by atoms with van der Waals surface area (Å²) in [5.41, 5.74) is -0.547. The number of hydrazone groups is 1. The van der Waals surface area contributed by atoms with Gasteiger partial charge in [-0.15, -0.1) is 0 Å². The Balaban J connectivity index is 1.52. The van der Waals surface area contributed by atoms with Gasteiger partial charge in [-0.3, -0.25) is 9.59 Å². The molecule has 25 heavy (non-hydrogen) atoms. The molecule has 1 aliphatic heterocycles. The summed E-state index contributed by atoms with van der Waals surface area (Å²) < 4.78 is 27.0. The van der Waals surface area contributed by atoms with Crippen LogP contribution in [0.1, 0.15) is 37.3 Å². The molecule has 0 spiro atoms.